The van der Waals surface area contributed by atoms with Gasteiger partial charge in [-0.3, -0.25) is 20.4 Å². The average Bonchev–Trinajstić information content (AvgIpc) is 2.85. The first kappa shape index (κ1) is 22.8. The maximum Gasteiger partial charge on any atom is 0.276 e. The predicted molar refractivity (Wildman–Crippen MR) is 121 cm³/mol. The maximum atomic E-state index is 12.3. The second kappa shape index (κ2) is 12.1. The first-order chi connectivity index (χ1) is 15.7. The molecule has 2 amide bonds. The zero-order valence-electron chi connectivity index (χ0n) is 17.9. The van der Waals surface area contributed by atoms with Crippen molar-refractivity contribution in [2.24, 2.45) is 0 Å². The molecule has 3 aromatic rings. The quantitative estimate of drug-likeness (QED) is 0.376. The standard InChI is InChI=1S/C25H26N2O5/c1-2-30-15-16-31-21-12-8-11-20(17-21)25(29)27-26-24(28)18-32-23-14-7-6-13-22(23)19-9-4-3-5-10-19/h3-14,17H,2,15-16,18H2,1H3,(H,26,28)(H,27,29). The maximum absolute atomic E-state index is 12.3. The fourth-order valence-corrected chi connectivity index (χ4v) is 2.92. The third-order valence-electron chi connectivity index (χ3n) is 4.44. The van der Waals surface area contributed by atoms with E-state index in [0.29, 0.717) is 36.9 Å². The summed E-state index contributed by atoms with van der Waals surface area (Å²) in [6.07, 6.45) is 0. The molecule has 7 nitrogen and oxygen atoms in total. The lowest BCUT2D eigenvalue weighted by molar-refractivity contribution is -0.123. The predicted octanol–water partition coefficient (Wildman–Crippen LogP) is 3.61. The van der Waals surface area contributed by atoms with Gasteiger partial charge < -0.3 is 14.2 Å². The van der Waals surface area contributed by atoms with Crippen LogP contribution in [0.1, 0.15) is 17.3 Å². The van der Waals surface area contributed by atoms with Crippen LogP contribution < -0.4 is 20.3 Å². The van der Waals surface area contributed by atoms with Crippen molar-refractivity contribution in [3.63, 3.8) is 0 Å². The molecule has 0 aliphatic rings. The van der Waals surface area contributed by atoms with E-state index < -0.39 is 11.8 Å². The summed E-state index contributed by atoms with van der Waals surface area (Å²) in [6.45, 7) is 3.14. The molecule has 32 heavy (non-hydrogen) atoms. The molecule has 0 aliphatic heterocycles. The van der Waals surface area contributed by atoms with Crippen LogP contribution in [0, 0.1) is 0 Å². The second-order valence-electron chi connectivity index (χ2n) is 6.73. The van der Waals surface area contributed by atoms with E-state index in [9.17, 15) is 9.59 Å². The van der Waals surface area contributed by atoms with Crippen molar-refractivity contribution in [3.05, 3.63) is 84.4 Å². The van der Waals surface area contributed by atoms with Gasteiger partial charge in [0.1, 0.15) is 18.1 Å². The fraction of sp³-hybridized carbons (Fsp3) is 0.200. The molecular weight excluding hydrogens is 408 g/mol. The van der Waals surface area contributed by atoms with E-state index in [0.717, 1.165) is 11.1 Å². The zero-order valence-corrected chi connectivity index (χ0v) is 17.9. The third-order valence-corrected chi connectivity index (χ3v) is 4.44. The van der Waals surface area contributed by atoms with Crippen LogP contribution in [0.15, 0.2) is 78.9 Å². The van der Waals surface area contributed by atoms with Crippen LogP contribution in [0.3, 0.4) is 0 Å². The molecule has 0 spiro atoms. The van der Waals surface area contributed by atoms with Crippen LogP contribution in [0.5, 0.6) is 11.5 Å². The molecule has 0 heterocycles. The molecule has 2 N–H and O–H groups in total. The number of para-hydroxylation sites is 1. The summed E-state index contributed by atoms with van der Waals surface area (Å²) in [5.41, 5.74) is 6.97. The van der Waals surface area contributed by atoms with E-state index in [1.54, 1.807) is 30.3 Å². The Labute approximate surface area is 187 Å². The van der Waals surface area contributed by atoms with Crippen molar-refractivity contribution in [1.82, 2.24) is 10.9 Å². The van der Waals surface area contributed by atoms with E-state index in [-0.39, 0.29) is 6.61 Å². The van der Waals surface area contributed by atoms with Gasteiger partial charge in [0.05, 0.1) is 6.61 Å². The van der Waals surface area contributed by atoms with Gasteiger partial charge in [0, 0.05) is 17.7 Å². The Morgan fingerprint density at radius 1 is 0.812 bits per heavy atom. The molecule has 0 saturated heterocycles. The number of ether oxygens (including phenoxy) is 3. The number of amides is 2. The summed E-state index contributed by atoms with van der Waals surface area (Å²) in [4.78, 5) is 24.5. The number of benzene rings is 3. The van der Waals surface area contributed by atoms with Gasteiger partial charge in [0.25, 0.3) is 11.8 Å². The minimum atomic E-state index is -0.481. The minimum absolute atomic E-state index is 0.245. The van der Waals surface area contributed by atoms with Gasteiger partial charge in [-0.05, 0) is 36.8 Å². The highest BCUT2D eigenvalue weighted by atomic mass is 16.5. The normalized spacial score (nSPS) is 10.3. The lowest BCUT2D eigenvalue weighted by atomic mass is 10.1. The van der Waals surface area contributed by atoms with E-state index in [1.165, 1.54) is 0 Å². The monoisotopic (exact) mass is 434 g/mol. The Morgan fingerprint density at radius 3 is 2.41 bits per heavy atom. The molecule has 0 bridgehead atoms. The Morgan fingerprint density at radius 2 is 1.59 bits per heavy atom. The lowest BCUT2D eigenvalue weighted by Gasteiger charge is -2.12. The van der Waals surface area contributed by atoms with Gasteiger partial charge in [0.2, 0.25) is 0 Å². The molecule has 3 aromatic carbocycles. The Kier molecular flexibility index (Phi) is 8.65. The molecule has 0 aliphatic carbocycles. The first-order valence-corrected chi connectivity index (χ1v) is 10.3. The van der Waals surface area contributed by atoms with Gasteiger partial charge in [-0.1, -0.05) is 54.6 Å². The van der Waals surface area contributed by atoms with E-state index in [4.69, 9.17) is 14.2 Å². The van der Waals surface area contributed by atoms with Crippen LogP contribution in [0.2, 0.25) is 0 Å². The van der Waals surface area contributed by atoms with Crippen molar-refractivity contribution in [3.8, 4) is 22.6 Å². The summed E-state index contributed by atoms with van der Waals surface area (Å²) < 4.78 is 16.4. The molecule has 3 rings (SSSR count). The molecule has 0 unspecified atom stereocenters. The molecular formula is C25H26N2O5. The number of hydrazine groups is 1. The number of hydrogen-bond acceptors (Lipinski definition) is 5. The summed E-state index contributed by atoms with van der Waals surface area (Å²) >= 11 is 0. The number of rotatable bonds is 10. The summed E-state index contributed by atoms with van der Waals surface area (Å²) in [6, 6.07) is 23.9. The fourth-order valence-electron chi connectivity index (χ4n) is 2.92. The summed E-state index contributed by atoms with van der Waals surface area (Å²) in [7, 11) is 0. The highest BCUT2D eigenvalue weighted by molar-refractivity contribution is 5.95. The molecule has 0 aromatic heterocycles. The molecule has 7 heteroatoms. The van der Waals surface area contributed by atoms with E-state index in [1.807, 2.05) is 55.5 Å². The molecule has 0 fully saturated rings. The van der Waals surface area contributed by atoms with Crippen molar-refractivity contribution in [1.29, 1.82) is 0 Å². The number of carbonyl (C=O) groups is 2. The summed E-state index contributed by atoms with van der Waals surface area (Å²) in [5, 5.41) is 0. The van der Waals surface area contributed by atoms with Crippen molar-refractivity contribution >= 4 is 11.8 Å². The van der Waals surface area contributed by atoms with Gasteiger partial charge in [-0.25, -0.2) is 0 Å². The highest BCUT2D eigenvalue weighted by Crippen LogP contribution is 2.29. The van der Waals surface area contributed by atoms with E-state index >= 15 is 0 Å². The lowest BCUT2D eigenvalue weighted by Crippen LogP contribution is -2.43. The van der Waals surface area contributed by atoms with Gasteiger partial charge in [0.15, 0.2) is 6.61 Å². The second-order valence-corrected chi connectivity index (χ2v) is 6.73. The molecule has 0 radical (unpaired) electrons. The smallest absolute Gasteiger partial charge is 0.276 e. The zero-order chi connectivity index (χ0) is 22.6. The van der Waals surface area contributed by atoms with Gasteiger partial charge in [-0.2, -0.15) is 0 Å². The number of nitrogens with one attached hydrogen (secondary N) is 2. The Hall–Kier alpha value is -3.84. The third kappa shape index (κ3) is 6.85. The Bertz CT molecular complexity index is 1020. The van der Waals surface area contributed by atoms with Crippen molar-refractivity contribution < 1.29 is 23.8 Å². The van der Waals surface area contributed by atoms with Crippen molar-refractivity contribution in [2.75, 3.05) is 26.4 Å². The highest BCUT2D eigenvalue weighted by Gasteiger charge is 2.11. The van der Waals surface area contributed by atoms with Crippen LogP contribution in [0.4, 0.5) is 0 Å². The van der Waals surface area contributed by atoms with Crippen LogP contribution in [0.25, 0.3) is 11.1 Å². The van der Waals surface area contributed by atoms with Crippen molar-refractivity contribution in [2.45, 2.75) is 6.92 Å². The minimum Gasteiger partial charge on any atom is -0.491 e. The van der Waals surface area contributed by atoms with Crippen LogP contribution in [-0.4, -0.2) is 38.2 Å². The molecule has 166 valence electrons. The summed E-state index contributed by atoms with van der Waals surface area (Å²) in [5.74, 6) is 0.185. The first-order valence-electron chi connectivity index (χ1n) is 10.3. The van der Waals surface area contributed by atoms with Crippen LogP contribution in [-0.2, 0) is 9.53 Å². The van der Waals surface area contributed by atoms with Gasteiger partial charge >= 0.3 is 0 Å². The number of hydrogen-bond donors (Lipinski definition) is 2. The molecule has 0 atom stereocenters. The largest absolute Gasteiger partial charge is 0.491 e. The molecule has 0 saturated carbocycles. The topological polar surface area (TPSA) is 85.9 Å². The van der Waals surface area contributed by atoms with E-state index in [2.05, 4.69) is 10.9 Å². The Balaban J connectivity index is 1.49. The SMILES string of the molecule is CCOCCOc1cccc(C(=O)NNC(=O)COc2ccccc2-c2ccccc2)c1. The van der Waals surface area contributed by atoms with Crippen LogP contribution >= 0.6 is 0 Å². The van der Waals surface area contributed by atoms with Gasteiger partial charge in [-0.15, -0.1) is 0 Å². The number of carbonyl (C=O) groups excluding carboxylic acids is 2. The average molecular weight is 434 g/mol.